The third kappa shape index (κ3) is 10.0. The maximum absolute atomic E-state index is 15.8. The minimum Gasteiger partial charge on any atom is -0.478 e. The lowest BCUT2D eigenvalue weighted by Crippen LogP contribution is -2.21. The number of carboxylic acid groups (broad SMARTS) is 2. The molecule has 0 aliphatic rings. The number of amidine groups is 1. The molecule has 1 unspecified atom stereocenters. The molecule has 3 aromatic carbocycles. The average molecular weight is 676 g/mol. The number of hydrogen-bond acceptors (Lipinski definition) is 8. The maximum atomic E-state index is 15.8. The lowest BCUT2D eigenvalue weighted by atomic mass is 10.1. The van der Waals surface area contributed by atoms with Crippen LogP contribution in [-0.2, 0) is 11.2 Å². The molecule has 254 valence electrons. The summed E-state index contributed by atoms with van der Waals surface area (Å²) in [5.41, 5.74) is 6.63. The zero-order chi connectivity index (χ0) is 35.6. The highest BCUT2D eigenvalue weighted by atomic mass is 19.4. The second-order valence-electron chi connectivity index (χ2n) is 10.0. The number of nitrogen functional groups attached to an aromatic ring is 1. The standard InChI is InChI=1S/C30H29F2N5O4.C2HF3O2/c1-17(11-12-18-7-4-3-5-8-18)36-26-24(31)28(40-21-10-6-9-19(15-21)27(33)34)37-29(25(26)32)41-23-14-13-20(35-2)16-22(23)30(38)39;3-2(4,5)1(6)7/h3-10,13-17,35H,11-12H2,1-2H3,(H3,33,34)(H,36,37)(H,38,39);(H,6,7). The number of anilines is 2. The molecular formula is C32H30F5N5O6. The van der Waals surface area contributed by atoms with Gasteiger partial charge in [0.15, 0.2) is 0 Å². The Morgan fingerprint density at radius 3 is 2.15 bits per heavy atom. The minimum absolute atomic E-state index is 0.0920. The first-order valence-electron chi connectivity index (χ1n) is 14.0. The van der Waals surface area contributed by atoms with E-state index in [4.69, 9.17) is 30.5 Å². The first-order chi connectivity index (χ1) is 22.6. The summed E-state index contributed by atoms with van der Waals surface area (Å²) in [6.45, 7) is 1.78. The molecule has 1 aromatic heterocycles. The van der Waals surface area contributed by atoms with Gasteiger partial charge in [0.1, 0.15) is 28.6 Å². The number of carboxylic acids is 2. The number of nitrogens with zero attached hydrogens (tertiary/aromatic N) is 1. The van der Waals surface area contributed by atoms with Crippen LogP contribution in [0.1, 0.15) is 34.8 Å². The summed E-state index contributed by atoms with van der Waals surface area (Å²) in [6, 6.07) is 19.5. The van der Waals surface area contributed by atoms with Crippen molar-refractivity contribution in [1.82, 2.24) is 4.98 Å². The summed E-state index contributed by atoms with van der Waals surface area (Å²) in [5, 5.41) is 30.1. The van der Waals surface area contributed by atoms with Gasteiger partial charge < -0.3 is 36.1 Å². The molecule has 7 N–H and O–H groups in total. The van der Waals surface area contributed by atoms with Crippen molar-refractivity contribution >= 4 is 29.1 Å². The number of rotatable bonds is 12. The Labute approximate surface area is 270 Å². The molecule has 0 aliphatic heterocycles. The Hall–Kier alpha value is -5.93. The van der Waals surface area contributed by atoms with E-state index in [1.807, 2.05) is 30.3 Å². The predicted molar refractivity (Wildman–Crippen MR) is 166 cm³/mol. The van der Waals surface area contributed by atoms with E-state index in [9.17, 15) is 23.1 Å². The number of ether oxygens (including phenoxy) is 2. The van der Waals surface area contributed by atoms with Crippen LogP contribution in [0.2, 0.25) is 0 Å². The molecule has 0 amide bonds. The molecule has 1 heterocycles. The smallest absolute Gasteiger partial charge is 0.478 e. The van der Waals surface area contributed by atoms with E-state index in [0.717, 1.165) is 5.56 Å². The highest BCUT2D eigenvalue weighted by Crippen LogP contribution is 2.38. The highest BCUT2D eigenvalue weighted by Gasteiger charge is 2.38. The van der Waals surface area contributed by atoms with Gasteiger partial charge in [-0.05, 0) is 55.7 Å². The summed E-state index contributed by atoms with van der Waals surface area (Å²) in [6.07, 6.45) is -3.87. The van der Waals surface area contributed by atoms with E-state index in [2.05, 4.69) is 15.6 Å². The van der Waals surface area contributed by atoms with Gasteiger partial charge in [-0.25, -0.2) is 9.59 Å². The van der Waals surface area contributed by atoms with Gasteiger partial charge in [-0.3, -0.25) is 5.41 Å². The largest absolute Gasteiger partial charge is 0.490 e. The summed E-state index contributed by atoms with van der Waals surface area (Å²) in [5.74, 6) is -8.00. The van der Waals surface area contributed by atoms with Gasteiger partial charge in [0.25, 0.3) is 11.8 Å². The van der Waals surface area contributed by atoms with Crippen LogP contribution in [0.5, 0.6) is 23.3 Å². The van der Waals surface area contributed by atoms with E-state index in [1.54, 1.807) is 32.2 Å². The molecule has 0 saturated heterocycles. The van der Waals surface area contributed by atoms with Crippen molar-refractivity contribution < 1.29 is 51.2 Å². The number of pyridine rings is 1. The van der Waals surface area contributed by atoms with Gasteiger partial charge in [0.05, 0.1) is 0 Å². The van der Waals surface area contributed by atoms with Crippen molar-refractivity contribution in [3.8, 4) is 23.3 Å². The van der Waals surface area contributed by atoms with Crippen molar-refractivity contribution in [1.29, 1.82) is 5.41 Å². The van der Waals surface area contributed by atoms with Gasteiger partial charge >= 0.3 is 18.1 Å². The van der Waals surface area contributed by atoms with Crippen molar-refractivity contribution in [3.05, 3.63) is 101 Å². The van der Waals surface area contributed by atoms with Crippen LogP contribution in [0, 0.1) is 17.0 Å². The monoisotopic (exact) mass is 675 g/mol. The van der Waals surface area contributed by atoms with Crippen LogP contribution in [0.15, 0.2) is 72.8 Å². The molecule has 0 bridgehead atoms. The molecule has 0 radical (unpaired) electrons. The van der Waals surface area contributed by atoms with E-state index in [0.29, 0.717) is 24.1 Å². The number of hydrogen-bond donors (Lipinski definition) is 6. The lowest BCUT2D eigenvalue weighted by Gasteiger charge is -2.19. The third-order valence-corrected chi connectivity index (χ3v) is 6.42. The summed E-state index contributed by atoms with van der Waals surface area (Å²) < 4.78 is 74.5. The number of benzene rings is 3. The molecule has 0 saturated carbocycles. The third-order valence-electron chi connectivity index (χ3n) is 6.42. The quantitative estimate of drug-likeness (QED) is 0.0518. The van der Waals surface area contributed by atoms with Gasteiger partial charge in [0.2, 0.25) is 11.6 Å². The SMILES string of the molecule is CNc1ccc(Oc2nc(Oc3cccc(C(=N)N)c3)c(F)c(NC(C)CCc3ccccc3)c2F)c(C(=O)O)c1.O=C(O)C(F)(F)F. The minimum atomic E-state index is -5.08. The van der Waals surface area contributed by atoms with Gasteiger partial charge in [-0.1, -0.05) is 42.5 Å². The maximum Gasteiger partial charge on any atom is 0.490 e. The molecule has 4 aromatic rings. The molecule has 4 rings (SSSR count). The van der Waals surface area contributed by atoms with Crippen molar-refractivity contribution in [3.63, 3.8) is 0 Å². The molecule has 16 heteroatoms. The number of aromatic nitrogens is 1. The molecule has 0 fully saturated rings. The average Bonchev–Trinajstić information content (AvgIpc) is 3.04. The number of nitrogens with two attached hydrogens (primary N) is 1. The van der Waals surface area contributed by atoms with E-state index < -0.39 is 47.2 Å². The molecule has 0 aliphatic carbocycles. The lowest BCUT2D eigenvalue weighted by molar-refractivity contribution is -0.192. The molecule has 48 heavy (non-hydrogen) atoms. The summed E-state index contributed by atoms with van der Waals surface area (Å²) in [7, 11) is 1.62. The topological polar surface area (TPSA) is 180 Å². The number of aromatic carboxylic acids is 1. The van der Waals surface area contributed by atoms with Crippen LogP contribution in [0.25, 0.3) is 0 Å². The summed E-state index contributed by atoms with van der Waals surface area (Å²) in [4.78, 5) is 24.7. The number of carbonyl (C=O) groups is 2. The van der Waals surface area contributed by atoms with Crippen LogP contribution in [0.4, 0.5) is 33.3 Å². The van der Waals surface area contributed by atoms with Crippen LogP contribution < -0.4 is 25.8 Å². The number of nitrogens with one attached hydrogen (secondary N) is 3. The Morgan fingerprint density at radius 1 is 0.958 bits per heavy atom. The summed E-state index contributed by atoms with van der Waals surface area (Å²) >= 11 is 0. The second-order valence-corrected chi connectivity index (χ2v) is 10.0. The van der Waals surface area contributed by atoms with Crippen molar-refractivity contribution in [2.75, 3.05) is 17.7 Å². The number of halogens is 5. The van der Waals surface area contributed by atoms with Crippen molar-refractivity contribution in [2.24, 2.45) is 5.73 Å². The Balaban J connectivity index is 0.000000804. The fourth-order valence-corrected chi connectivity index (χ4v) is 3.99. The predicted octanol–water partition coefficient (Wildman–Crippen LogP) is 7.03. The Bertz CT molecular complexity index is 1770. The molecule has 1 atom stereocenters. The van der Waals surface area contributed by atoms with Crippen molar-refractivity contribution in [2.45, 2.75) is 32.0 Å². The fraction of sp³-hybridized carbons (Fsp3) is 0.188. The molecular weight excluding hydrogens is 645 g/mol. The zero-order valence-electron chi connectivity index (χ0n) is 25.4. The number of alkyl halides is 3. The molecule has 0 spiro atoms. The van der Waals surface area contributed by atoms with Gasteiger partial charge in [-0.15, -0.1) is 0 Å². The van der Waals surface area contributed by atoms with Gasteiger partial charge in [0, 0.05) is 24.3 Å². The van der Waals surface area contributed by atoms with Gasteiger partial charge in [-0.2, -0.15) is 26.9 Å². The van der Waals surface area contributed by atoms with E-state index in [1.165, 1.54) is 24.3 Å². The Kier molecular flexibility index (Phi) is 12.2. The van der Waals surface area contributed by atoms with Crippen LogP contribution in [0.3, 0.4) is 0 Å². The van der Waals surface area contributed by atoms with Crippen LogP contribution >= 0.6 is 0 Å². The molecule has 11 nitrogen and oxygen atoms in total. The Morgan fingerprint density at radius 2 is 1.58 bits per heavy atom. The highest BCUT2D eigenvalue weighted by molar-refractivity contribution is 5.95. The fourth-order valence-electron chi connectivity index (χ4n) is 3.99. The van der Waals surface area contributed by atoms with E-state index >= 15 is 8.78 Å². The number of aliphatic carboxylic acids is 1. The van der Waals surface area contributed by atoms with E-state index in [-0.39, 0.29) is 28.9 Å². The zero-order valence-corrected chi connectivity index (χ0v) is 25.4. The van der Waals surface area contributed by atoms with Crippen LogP contribution in [-0.4, -0.2) is 52.2 Å². The normalized spacial score (nSPS) is 11.4. The first kappa shape index (κ1) is 36.5. The number of aryl methyl sites for hydroxylation is 1. The first-order valence-corrected chi connectivity index (χ1v) is 14.0. The second kappa shape index (κ2) is 16.1.